The van der Waals surface area contributed by atoms with Crippen LogP contribution in [0.25, 0.3) is 0 Å². The van der Waals surface area contributed by atoms with E-state index in [2.05, 4.69) is 4.57 Å². The molecule has 2 nitrogen and oxygen atoms in total. The van der Waals surface area contributed by atoms with E-state index in [1.165, 1.54) is 0 Å². The van der Waals surface area contributed by atoms with Crippen molar-refractivity contribution in [1.29, 1.82) is 0 Å². The fourth-order valence-corrected chi connectivity index (χ4v) is 0.925. The molecular formula is C8H15Cl2NO. The number of rotatable bonds is 4. The van der Waals surface area contributed by atoms with E-state index in [0.717, 1.165) is 19.4 Å². The zero-order valence-corrected chi connectivity index (χ0v) is 8.48. The molecule has 0 aliphatic rings. The summed E-state index contributed by atoms with van der Waals surface area (Å²) in [5, 5.41) is 8.49. The van der Waals surface area contributed by atoms with Crippen LogP contribution in [0.4, 0.5) is 0 Å². The number of aliphatic hydroxyl groups excluding tert-OH is 1. The average Bonchev–Trinajstić information content (AvgIpc) is 2.41. The molecule has 0 fully saturated rings. The van der Waals surface area contributed by atoms with Gasteiger partial charge in [0.1, 0.15) is 0 Å². The third-order valence-electron chi connectivity index (χ3n) is 1.49. The lowest BCUT2D eigenvalue weighted by Gasteiger charge is -1.99. The molecule has 4 heteroatoms. The Hall–Kier alpha value is -0.180. The molecule has 1 rings (SSSR count). The van der Waals surface area contributed by atoms with Crippen LogP contribution in [0.1, 0.15) is 12.8 Å². The van der Waals surface area contributed by atoms with Gasteiger partial charge in [-0.1, -0.05) is 0 Å². The summed E-state index contributed by atoms with van der Waals surface area (Å²) < 4.78 is 2.12. The predicted molar refractivity (Wildman–Crippen MR) is 55.2 cm³/mol. The van der Waals surface area contributed by atoms with Crippen LogP contribution < -0.4 is 0 Å². The second-order valence-electron chi connectivity index (χ2n) is 2.35. The highest BCUT2D eigenvalue weighted by atomic mass is 35.5. The van der Waals surface area contributed by atoms with Gasteiger partial charge in [-0.15, -0.1) is 24.8 Å². The summed E-state index contributed by atoms with van der Waals surface area (Å²) in [6.45, 7) is 1.33. The molecule has 0 bridgehead atoms. The van der Waals surface area contributed by atoms with E-state index in [0.29, 0.717) is 6.61 Å². The van der Waals surface area contributed by atoms with Crippen LogP contribution in [-0.2, 0) is 6.54 Å². The summed E-state index contributed by atoms with van der Waals surface area (Å²) in [6.07, 6.45) is 6.04. The highest BCUT2D eigenvalue weighted by molar-refractivity contribution is 5.85. The van der Waals surface area contributed by atoms with Crippen LogP contribution in [0.5, 0.6) is 0 Å². The van der Waals surface area contributed by atoms with Gasteiger partial charge in [0.05, 0.1) is 0 Å². The molecule has 1 aromatic rings. The molecule has 0 spiro atoms. The van der Waals surface area contributed by atoms with Crippen molar-refractivity contribution in [1.82, 2.24) is 4.57 Å². The second-order valence-corrected chi connectivity index (χ2v) is 2.35. The Morgan fingerprint density at radius 2 is 1.58 bits per heavy atom. The molecular weight excluding hydrogens is 197 g/mol. The van der Waals surface area contributed by atoms with Crippen molar-refractivity contribution in [2.24, 2.45) is 0 Å². The van der Waals surface area contributed by atoms with Gasteiger partial charge in [-0.25, -0.2) is 0 Å². The van der Waals surface area contributed by atoms with E-state index >= 15 is 0 Å². The molecule has 1 heterocycles. The van der Waals surface area contributed by atoms with Crippen LogP contribution >= 0.6 is 24.8 Å². The summed E-state index contributed by atoms with van der Waals surface area (Å²) in [7, 11) is 0. The first kappa shape index (κ1) is 14.3. The molecule has 12 heavy (non-hydrogen) atoms. The van der Waals surface area contributed by atoms with Crippen molar-refractivity contribution in [3.8, 4) is 0 Å². The van der Waals surface area contributed by atoms with Gasteiger partial charge in [0.15, 0.2) is 0 Å². The first-order valence-corrected chi connectivity index (χ1v) is 3.65. The molecule has 1 N–H and O–H groups in total. The SMILES string of the molecule is Cl.Cl.OCCCCn1cccc1. The molecule has 0 amide bonds. The van der Waals surface area contributed by atoms with E-state index in [-0.39, 0.29) is 24.8 Å². The molecule has 72 valence electrons. The molecule has 0 aromatic carbocycles. The number of unbranched alkanes of at least 4 members (excludes halogenated alkanes) is 1. The molecule has 0 saturated carbocycles. The molecule has 0 aliphatic carbocycles. The maximum absolute atomic E-state index is 8.49. The maximum atomic E-state index is 8.49. The number of aliphatic hydroxyl groups is 1. The van der Waals surface area contributed by atoms with E-state index < -0.39 is 0 Å². The summed E-state index contributed by atoms with van der Waals surface area (Å²) in [4.78, 5) is 0. The minimum atomic E-state index is 0. The smallest absolute Gasteiger partial charge is 0.0431 e. The molecule has 1 aromatic heterocycles. The average molecular weight is 212 g/mol. The summed E-state index contributed by atoms with van der Waals surface area (Å²) in [5.74, 6) is 0. The Kier molecular flexibility index (Phi) is 10.7. The van der Waals surface area contributed by atoms with E-state index in [4.69, 9.17) is 5.11 Å². The van der Waals surface area contributed by atoms with Crippen LogP contribution in [0, 0.1) is 0 Å². The Bertz CT molecular complexity index is 166. The van der Waals surface area contributed by atoms with Gasteiger partial charge in [-0.2, -0.15) is 0 Å². The number of hydrogen-bond acceptors (Lipinski definition) is 1. The highest BCUT2D eigenvalue weighted by Gasteiger charge is 1.87. The van der Waals surface area contributed by atoms with E-state index in [9.17, 15) is 0 Å². The van der Waals surface area contributed by atoms with Gasteiger partial charge in [-0.3, -0.25) is 0 Å². The van der Waals surface area contributed by atoms with E-state index in [1.54, 1.807) is 0 Å². The lowest BCUT2D eigenvalue weighted by atomic mass is 10.3. The van der Waals surface area contributed by atoms with Crippen LogP contribution in [0.15, 0.2) is 24.5 Å². The quantitative estimate of drug-likeness (QED) is 0.759. The van der Waals surface area contributed by atoms with Crippen LogP contribution in [-0.4, -0.2) is 16.3 Å². The van der Waals surface area contributed by atoms with Gasteiger partial charge >= 0.3 is 0 Å². The third kappa shape index (κ3) is 5.47. The largest absolute Gasteiger partial charge is 0.396 e. The summed E-state index contributed by atoms with van der Waals surface area (Å²) >= 11 is 0. The third-order valence-corrected chi connectivity index (χ3v) is 1.49. The first-order chi connectivity index (χ1) is 4.93. The number of nitrogens with zero attached hydrogens (tertiary/aromatic N) is 1. The van der Waals surface area contributed by atoms with Gasteiger partial charge in [0, 0.05) is 25.5 Å². The standard InChI is InChI=1S/C8H13NO.2ClH/c10-8-4-3-7-9-5-1-2-6-9;;/h1-2,5-6,10H,3-4,7-8H2;2*1H. The molecule has 0 aliphatic heterocycles. The fourth-order valence-electron chi connectivity index (χ4n) is 0.925. The van der Waals surface area contributed by atoms with Crippen molar-refractivity contribution < 1.29 is 5.11 Å². The molecule has 0 unspecified atom stereocenters. The Labute approximate surface area is 85.4 Å². The van der Waals surface area contributed by atoms with E-state index in [1.807, 2.05) is 24.5 Å². The fraction of sp³-hybridized carbons (Fsp3) is 0.500. The van der Waals surface area contributed by atoms with Crippen molar-refractivity contribution in [2.45, 2.75) is 19.4 Å². The van der Waals surface area contributed by atoms with Crippen molar-refractivity contribution in [3.05, 3.63) is 24.5 Å². The normalized spacial score (nSPS) is 8.42. The highest BCUT2D eigenvalue weighted by Crippen LogP contribution is 1.95. The Morgan fingerprint density at radius 3 is 2.08 bits per heavy atom. The van der Waals surface area contributed by atoms with Crippen LogP contribution in [0.3, 0.4) is 0 Å². The van der Waals surface area contributed by atoms with Crippen molar-refractivity contribution >= 4 is 24.8 Å². The summed E-state index contributed by atoms with van der Waals surface area (Å²) in [5.41, 5.74) is 0. The topological polar surface area (TPSA) is 25.2 Å². The molecule has 0 radical (unpaired) electrons. The van der Waals surface area contributed by atoms with Crippen LogP contribution in [0.2, 0.25) is 0 Å². The van der Waals surface area contributed by atoms with Gasteiger partial charge < -0.3 is 9.67 Å². The second kappa shape index (κ2) is 8.91. The summed E-state index contributed by atoms with van der Waals surface area (Å²) in [6, 6.07) is 4.03. The number of aromatic nitrogens is 1. The number of hydrogen-bond donors (Lipinski definition) is 1. The lowest BCUT2D eigenvalue weighted by Crippen LogP contribution is -1.94. The van der Waals surface area contributed by atoms with Gasteiger partial charge in [0.2, 0.25) is 0 Å². The zero-order valence-electron chi connectivity index (χ0n) is 6.85. The van der Waals surface area contributed by atoms with Crippen molar-refractivity contribution in [3.63, 3.8) is 0 Å². The van der Waals surface area contributed by atoms with Gasteiger partial charge in [-0.05, 0) is 25.0 Å². The Morgan fingerprint density at radius 1 is 1.00 bits per heavy atom. The minimum Gasteiger partial charge on any atom is -0.396 e. The zero-order chi connectivity index (χ0) is 7.23. The predicted octanol–water partition coefficient (Wildman–Crippen LogP) is 2.10. The molecule has 0 atom stereocenters. The number of halogens is 2. The van der Waals surface area contributed by atoms with Crippen molar-refractivity contribution in [2.75, 3.05) is 6.61 Å². The first-order valence-electron chi connectivity index (χ1n) is 3.65. The molecule has 0 saturated heterocycles. The minimum absolute atomic E-state index is 0. The lowest BCUT2D eigenvalue weighted by molar-refractivity contribution is 0.281. The maximum Gasteiger partial charge on any atom is 0.0431 e. The monoisotopic (exact) mass is 211 g/mol. The number of aryl methyl sites for hydroxylation is 1. The Balaban J connectivity index is 0. The van der Waals surface area contributed by atoms with Gasteiger partial charge in [0.25, 0.3) is 0 Å².